The van der Waals surface area contributed by atoms with Crippen molar-refractivity contribution >= 4 is 56.1 Å². The predicted octanol–water partition coefficient (Wildman–Crippen LogP) is 5.19. The van der Waals surface area contributed by atoms with Gasteiger partial charge >= 0.3 is 0 Å². The quantitative estimate of drug-likeness (QED) is 0.236. The van der Waals surface area contributed by atoms with Gasteiger partial charge in [0, 0.05) is 22.2 Å². The smallest absolute Gasteiger partial charge is 0.255 e. The average molecular weight is 542 g/mol. The van der Waals surface area contributed by atoms with E-state index in [0.717, 1.165) is 15.1 Å². The molecule has 0 saturated carbocycles. The van der Waals surface area contributed by atoms with Crippen LogP contribution >= 0.6 is 23.2 Å². The first-order valence-electron chi connectivity index (χ1n) is 10.8. The Hall–Kier alpha value is -3.43. The van der Waals surface area contributed by atoms with E-state index in [4.69, 9.17) is 23.2 Å². The molecule has 0 heterocycles. The van der Waals surface area contributed by atoms with E-state index >= 15 is 0 Å². The zero-order chi connectivity index (χ0) is 25.7. The van der Waals surface area contributed by atoms with Crippen LogP contribution in [0.15, 0.2) is 94.9 Å². The second kappa shape index (κ2) is 11.1. The first-order valence-corrected chi connectivity index (χ1v) is 13.0. The number of amides is 1. The van der Waals surface area contributed by atoms with Gasteiger partial charge in [0.1, 0.15) is 5.75 Å². The van der Waals surface area contributed by atoms with Gasteiger partial charge in [0.2, 0.25) is 10.0 Å². The number of benzene rings is 4. The number of aromatic hydroxyl groups is 1. The average Bonchev–Trinajstić information content (AvgIpc) is 2.87. The van der Waals surface area contributed by atoms with E-state index < -0.39 is 22.5 Å². The summed E-state index contributed by atoms with van der Waals surface area (Å²) in [5.41, 5.74) is 3.26. The molecule has 0 aliphatic heterocycles. The summed E-state index contributed by atoms with van der Waals surface area (Å²) in [5, 5.41) is 16.5. The van der Waals surface area contributed by atoms with Crippen molar-refractivity contribution in [3.05, 3.63) is 106 Å². The highest BCUT2D eigenvalue weighted by atomic mass is 35.5. The molecular weight excluding hydrogens is 521 g/mol. The highest BCUT2D eigenvalue weighted by Gasteiger charge is 2.27. The molecule has 0 aliphatic rings. The summed E-state index contributed by atoms with van der Waals surface area (Å²) >= 11 is 12.2. The van der Waals surface area contributed by atoms with Gasteiger partial charge in [-0.2, -0.15) is 9.41 Å². The van der Waals surface area contributed by atoms with E-state index in [9.17, 15) is 18.3 Å². The lowest BCUT2D eigenvalue weighted by Gasteiger charge is -2.22. The number of rotatable bonds is 8. The number of hydrazone groups is 1. The maximum Gasteiger partial charge on any atom is 0.255 e. The van der Waals surface area contributed by atoms with Crippen molar-refractivity contribution in [1.29, 1.82) is 0 Å². The zero-order valence-electron chi connectivity index (χ0n) is 18.8. The molecule has 7 nitrogen and oxygen atoms in total. The Morgan fingerprint density at radius 3 is 2.44 bits per heavy atom. The van der Waals surface area contributed by atoms with Gasteiger partial charge in [0.05, 0.1) is 17.7 Å². The van der Waals surface area contributed by atoms with Crippen molar-refractivity contribution in [2.45, 2.75) is 11.4 Å². The van der Waals surface area contributed by atoms with Crippen molar-refractivity contribution in [3.63, 3.8) is 0 Å². The molecule has 0 radical (unpaired) electrons. The topological polar surface area (TPSA) is 99.1 Å². The first kappa shape index (κ1) is 25.7. The van der Waals surface area contributed by atoms with Crippen LogP contribution in [0.25, 0.3) is 10.8 Å². The molecule has 0 atom stereocenters. The number of carbonyl (C=O) groups excluding carboxylic acids is 1. The Balaban J connectivity index is 1.57. The lowest BCUT2D eigenvalue weighted by molar-refractivity contribution is -0.121. The highest BCUT2D eigenvalue weighted by Crippen LogP contribution is 2.26. The second-order valence-electron chi connectivity index (χ2n) is 7.83. The SMILES string of the molecule is O=C(CN(Cc1ccc(Cl)cc1Cl)S(=O)(=O)c1ccccc1)N/N=C\c1c(O)ccc2ccccc12. The fourth-order valence-electron chi connectivity index (χ4n) is 3.59. The third-order valence-corrected chi connectivity index (χ3v) is 7.79. The molecule has 10 heteroatoms. The van der Waals surface area contributed by atoms with Gasteiger partial charge < -0.3 is 5.11 Å². The maximum absolute atomic E-state index is 13.3. The molecule has 1 amide bonds. The van der Waals surface area contributed by atoms with E-state index in [1.807, 2.05) is 24.3 Å². The minimum Gasteiger partial charge on any atom is -0.507 e. The van der Waals surface area contributed by atoms with Crippen molar-refractivity contribution in [2.24, 2.45) is 5.10 Å². The highest BCUT2D eigenvalue weighted by molar-refractivity contribution is 7.89. The Labute approximate surface area is 218 Å². The molecule has 4 rings (SSSR count). The number of nitrogens with one attached hydrogen (secondary N) is 1. The van der Waals surface area contributed by atoms with Crippen LogP contribution in [0.3, 0.4) is 0 Å². The van der Waals surface area contributed by atoms with Crippen LogP contribution in [-0.2, 0) is 21.4 Å². The number of halogens is 2. The minimum atomic E-state index is -4.04. The van der Waals surface area contributed by atoms with Crippen molar-refractivity contribution in [2.75, 3.05) is 6.54 Å². The van der Waals surface area contributed by atoms with E-state index in [0.29, 0.717) is 16.1 Å². The van der Waals surface area contributed by atoms with Crippen molar-refractivity contribution < 1.29 is 18.3 Å². The van der Waals surface area contributed by atoms with Crippen LogP contribution in [0.1, 0.15) is 11.1 Å². The molecule has 4 aromatic rings. The predicted molar refractivity (Wildman–Crippen MR) is 142 cm³/mol. The monoisotopic (exact) mass is 541 g/mol. The van der Waals surface area contributed by atoms with E-state index in [2.05, 4.69) is 10.5 Å². The Morgan fingerprint density at radius 1 is 0.972 bits per heavy atom. The first-order chi connectivity index (χ1) is 17.3. The fraction of sp³-hybridized carbons (Fsp3) is 0.0769. The van der Waals surface area contributed by atoms with E-state index in [-0.39, 0.29) is 22.2 Å². The van der Waals surface area contributed by atoms with Gasteiger partial charge in [-0.1, -0.05) is 77.8 Å². The summed E-state index contributed by atoms with van der Waals surface area (Å²) < 4.78 is 27.7. The summed E-state index contributed by atoms with van der Waals surface area (Å²) in [5.74, 6) is -0.673. The second-order valence-corrected chi connectivity index (χ2v) is 10.6. The Morgan fingerprint density at radius 2 is 1.69 bits per heavy atom. The molecule has 0 saturated heterocycles. The molecule has 0 bridgehead atoms. The summed E-state index contributed by atoms with van der Waals surface area (Å²) in [4.78, 5) is 12.8. The van der Waals surface area contributed by atoms with Crippen molar-refractivity contribution in [1.82, 2.24) is 9.73 Å². The molecule has 4 aromatic carbocycles. The number of fused-ring (bicyclic) bond motifs is 1. The molecule has 0 spiro atoms. The van der Waals surface area contributed by atoms with Gasteiger partial charge in [-0.25, -0.2) is 13.8 Å². The van der Waals surface area contributed by atoms with E-state index in [1.165, 1.54) is 30.5 Å². The minimum absolute atomic E-state index is 0.00244. The number of hydrogen-bond acceptors (Lipinski definition) is 5. The summed E-state index contributed by atoms with van der Waals surface area (Å²) in [6.45, 7) is -0.677. The van der Waals surface area contributed by atoms with Crippen LogP contribution in [0.5, 0.6) is 5.75 Å². The Kier molecular flexibility index (Phi) is 7.91. The summed E-state index contributed by atoms with van der Waals surface area (Å²) in [6, 6.07) is 23.2. The maximum atomic E-state index is 13.3. The lowest BCUT2D eigenvalue weighted by atomic mass is 10.0. The molecule has 2 N–H and O–H groups in total. The van der Waals surface area contributed by atoms with Gasteiger partial charge in [0.25, 0.3) is 5.91 Å². The van der Waals surface area contributed by atoms with Gasteiger partial charge in [-0.05, 0) is 46.7 Å². The number of hydrogen-bond donors (Lipinski definition) is 2. The molecule has 0 aliphatic carbocycles. The molecule has 36 heavy (non-hydrogen) atoms. The van der Waals surface area contributed by atoms with Crippen LogP contribution in [-0.4, -0.2) is 36.5 Å². The number of phenolic OH excluding ortho intramolecular Hbond substituents is 1. The molecule has 0 fully saturated rings. The summed E-state index contributed by atoms with van der Waals surface area (Å²) in [7, 11) is -4.04. The van der Waals surface area contributed by atoms with Crippen LogP contribution in [0.2, 0.25) is 10.0 Å². The van der Waals surface area contributed by atoms with Crippen molar-refractivity contribution in [3.8, 4) is 5.75 Å². The van der Waals surface area contributed by atoms with Gasteiger partial charge in [-0.15, -0.1) is 0 Å². The fourth-order valence-corrected chi connectivity index (χ4v) is 5.46. The number of carbonyl (C=O) groups is 1. The number of sulfonamides is 1. The molecule has 184 valence electrons. The van der Waals surface area contributed by atoms with Gasteiger partial charge in [0.15, 0.2) is 0 Å². The lowest BCUT2D eigenvalue weighted by Crippen LogP contribution is -2.39. The van der Waals surface area contributed by atoms with Crippen LogP contribution in [0.4, 0.5) is 0 Å². The molecule has 0 aromatic heterocycles. The zero-order valence-corrected chi connectivity index (χ0v) is 21.1. The molecular formula is C26H21Cl2N3O4S. The molecule has 0 unspecified atom stereocenters. The third-order valence-electron chi connectivity index (χ3n) is 5.39. The van der Waals surface area contributed by atoms with Crippen LogP contribution < -0.4 is 5.43 Å². The Bertz CT molecular complexity index is 1540. The summed E-state index contributed by atoms with van der Waals surface area (Å²) in [6.07, 6.45) is 1.32. The van der Waals surface area contributed by atoms with Gasteiger partial charge in [-0.3, -0.25) is 4.79 Å². The standard InChI is InChI=1S/C26H21Cl2N3O4S/c27-20-12-10-19(24(28)14-20)16-31(36(34,35)21-7-2-1-3-8-21)17-26(33)30-29-15-23-22-9-5-4-6-18(22)11-13-25(23)32/h1-15,32H,16-17H2,(H,30,33)/b29-15-. The number of phenols is 1. The van der Waals surface area contributed by atoms with Crippen LogP contribution in [0, 0.1) is 0 Å². The number of nitrogens with zero attached hydrogens (tertiary/aromatic N) is 2. The third kappa shape index (κ3) is 5.85. The largest absolute Gasteiger partial charge is 0.507 e. The normalized spacial score (nSPS) is 11.9. The van der Waals surface area contributed by atoms with E-state index in [1.54, 1.807) is 36.4 Å².